The Hall–Kier alpha value is -3.97. The zero-order chi connectivity index (χ0) is 25.7. The highest BCUT2D eigenvalue weighted by atomic mass is 16.5. The molecule has 1 fully saturated rings. The van der Waals surface area contributed by atoms with Crippen molar-refractivity contribution in [1.82, 2.24) is 0 Å². The van der Waals surface area contributed by atoms with Gasteiger partial charge in [0.2, 0.25) is 11.8 Å². The van der Waals surface area contributed by atoms with Gasteiger partial charge < -0.3 is 20.5 Å². The predicted molar refractivity (Wildman–Crippen MR) is 138 cm³/mol. The van der Waals surface area contributed by atoms with Crippen molar-refractivity contribution < 1.29 is 24.2 Å². The molecule has 36 heavy (non-hydrogen) atoms. The van der Waals surface area contributed by atoms with Gasteiger partial charge in [-0.3, -0.25) is 14.4 Å². The molecule has 3 aromatic rings. The van der Waals surface area contributed by atoms with Gasteiger partial charge >= 0.3 is 0 Å². The molecule has 0 heterocycles. The lowest BCUT2D eigenvalue weighted by atomic mass is 9.61. The number of hydrogen-bond acceptors (Lipinski definition) is 5. The third-order valence-electron chi connectivity index (χ3n) is 6.47. The van der Waals surface area contributed by atoms with Crippen LogP contribution in [0, 0.1) is 11.8 Å². The fraction of sp³-hybridized carbons (Fsp3) is 0.276. The number of para-hydroxylation sites is 2. The summed E-state index contributed by atoms with van der Waals surface area (Å²) in [5.41, 5.74) is -0.0103. The van der Waals surface area contributed by atoms with Gasteiger partial charge in [-0.2, -0.15) is 0 Å². The molecule has 0 unspecified atom stereocenters. The molecule has 3 aromatic carbocycles. The molecule has 3 N–H and O–H groups in total. The third kappa shape index (κ3) is 5.47. The van der Waals surface area contributed by atoms with E-state index < -0.39 is 41.0 Å². The Morgan fingerprint density at radius 3 is 2.08 bits per heavy atom. The molecule has 0 bridgehead atoms. The fourth-order valence-electron chi connectivity index (χ4n) is 4.95. The van der Waals surface area contributed by atoms with Gasteiger partial charge in [0.05, 0.1) is 18.1 Å². The maximum Gasteiger partial charge on any atom is 0.235 e. The van der Waals surface area contributed by atoms with E-state index in [1.165, 1.54) is 6.92 Å². The number of amides is 2. The number of hydrogen-bond donors (Lipinski definition) is 3. The van der Waals surface area contributed by atoms with E-state index in [1.54, 1.807) is 72.8 Å². The smallest absolute Gasteiger partial charge is 0.235 e. The van der Waals surface area contributed by atoms with Crippen molar-refractivity contribution in [2.75, 3.05) is 17.2 Å². The minimum absolute atomic E-state index is 0.325. The van der Waals surface area contributed by atoms with E-state index in [4.69, 9.17) is 4.74 Å². The number of anilines is 2. The van der Waals surface area contributed by atoms with Gasteiger partial charge in [-0.25, -0.2) is 0 Å². The number of benzene rings is 3. The van der Waals surface area contributed by atoms with Crippen molar-refractivity contribution >= 4 is 29.0 Å². The zero-order valence-corrected chi connectivity index (χ0v) is 20.3. The van der Waals surface area contributed by atoms with Gasteiger partial charge in [-0.05, 0) is 55.8 Å². The van der Waals surface area contributed by atoms with Crippen LogP contribution in [0.3, 0.4) is 0 Å². The molecule has 0 saturated heterocycles. The summed E-state index contributed by atoms with van der Waals surface area (Å²) < 4.78 is 5.65. The first-order chi connectivity index (χ1) is 17.3. The van der Waals surface area contributed by atoms with Gasteiger partial charge in [0.25, 0.3) is 0 Å². The maximum absolute atomic E-state index is 13.7. The number of ether oxygens (including phenoxy) is 1. The molecule has 0 spiro atoms. The third-order valence-corrected chi connectivity index (χ3v) is 6.47. The summed E-state index contributed by atoms with van der Waals surface area (Å²) in [6.45, 7) is 3.76. The molecule has 0 aliphatic heterocycles. The van der Waals surface area contributed by atoms with Crippen molar-refractivity contribution in [2.24, 2.45) is 11.8 Å². The first-order valence-electron chi connectivity index (χ1n) is 12.0. The average Bonchev–Trinajstić information content (AvgIpc) is 2.84. The lowest BCUT2D eigenvalue weighted by Crippen LogP contribution is -2.56. The monoisotopic (exact) mass is 486 g/mol. The van der Waals surface area contributed by atoms with Gasteiger partial charge in [0, 0.05) is 23.7 Å². The van der Waals surface area contributed by atoms with Crippen molar-refractivity contribution in [3.63, 3.8) is 0 Å². The normalized spacial score (nSPS) is 23.5. The number of rotatable bonds is 7. The average molecular weight is 487 g/mol. The van der Waals surface area contributed by atoms with Crippen molar-refractivity contribution in [1.29, 1.82) is 0 Å². The lowest BCUT2D eigenvalue weighted by Gasteiger charge is -2.44. The Kier molecular flexibility index (Phi) is 7.50. The van der Waals surface area contributed by atoms with E-state index in [0.29, 0.717) is 29.3 Å². The summed E-state index contributed by atoms with van der Waals surface area (Å²) in [5.74, 6) is -4.06. The van der Waals surface area contributed by atoms with Crippen LogP contribution in [0.1, 0.15) is 31.7 Å². The molecule has 4 atom stereocenters. The topological polar surface area (TPSA) is 105 Å². The summed E-state index contributed by atoms with van der Waals surface area (Å²) in [6.07, 6.45) is -0.325. The van der Waals surface area contributed by atoms with Crippen LogP contribution in [0.5, 0.6) is 5.75 Å². The van der Waals surface area contributed by atoms with E-state index >= 15 is 0 Å². The number of carbonyl (C=O) groups is 3. The summed E-state index contributed by atoms with van der Waals surface area (Å²) in [7, 11) is 0. The zero-order valence-electron chi connectivity index (χ0n) is 20.3. The number of ketones is 1. The second-order valence-corrected chi connectivity index (χ2v) is 9.20. The molecular formula is C29H30N2O5. The Morgan fingerprint density at radius 1 is 0.917 bits per heavy atom. The molecule has 0 aromatic heterocycles. The van der Waals surface area contributed by atoms with E-state index in [2.05, 4.69) is 10.6 Å². The Balaban J connectivity index is 1.78. The molecular weight excluding hydrogens is 456 g/mol. The second kappa shape index (κ2) is 10.7. The molecule has 1 aliphatic rings. The van der Waals surface area contributed by atoms with E-state index in [-0.39, 0.29) is 6.42 Å². The van der Waals surface area contributed by atoms with Crippen LogP contribution in [0.2, 0.25) is 0 Å². The van der Waals surface area contributed by atoms with Crippen LogP contribution in [0.4, 0.5) is 11.4 Å². The molecule has 1 aliphatic carbocycles. The number of Topliss-reactive ketones (excluding diaryl/α,β-unsaturated/α-hetero) is 1. The number of carbonyl (C=O) groups excluding carboxylic acids is 3. The standard InChI is InChI=1S/C29H30N2O5/c1-3-36-22-16-10-11-19(17-22)24-25(27(33)30-20-12-6-4-7-13-20)23(32)18-29(2,35)26(24)28(34)31-21-14-8-5-9-15-21/h4-17,24-26,35H,3,18H2,1-2H3,(H,30,33)(H,31,34)/t24-,25-,26-,29-/m1/s1. The van der Waals surface area contributed by atoms with Crippen LogP contribution in [-0.2, 0) is 14.4 Å². The highest BCUT2D eigenvalue weighted by Crippen LogP contribution is 2.47. The molecule has 7 nitrogen and oxygen atoms in total. The first kappa shape index (κ1) is 25.1. The first-order valence-corrected chi connectivity index (χ1v) is 12.0. The van der Waals surface area contributed by atoms with Crippen LogP contribution >= 0.6 is 0 Å². The predicted octanol–water partition coefficient (Wildman–Crippen LogP) is 4.40. The second-order valence-electron chi connectivity index (χ2n) is 9.20. The van der Waals surface area contributed by atoms with E-state index in [1.807, 2.05) is 19.1 Å². The Labute approximate surface area is 210 Å². The van der Waals surface area contributed by atoms with Crippen LogP contribution in [0.25, 0.3) is 0 Å². The molecule has 186 valence electrons. The summed E-state index contributed by atoms with van der Waals surface area (Å²) in [5, 5.41) is 17.1. The molecule has 2 amide bonds. The van der Waals surface area contributed by atoms with Gasteiger partial charge in [0.15, 0.2) is 0 Å². The largest absolute Gasteiger partial charge is 0.494 e. The fourth-order valence-corrected chi connectivity index (χ4v) is 4.95. The molecule has 4 rings (SSSR count). The van der Waals surface area contributed by atoms with Crippen LogP contribution in [-0.4, -0.2) is 34.9 Å². The summed E-state index contributed by atoms with van der Waals surface area (Å²) in [4.78, 5) is 40.6. The van der Waals surface area contributed by atoms with Gasteiger partial charge in [-0.15, -0.1) is 0 Å². The Morgan fingerprint density at radius 2 is 1.50 bits per heavy atom. The van der Waals surface area contributed by atoms with Crippen molar-refractivity contribution in [2.45, 2.75) is 31.8 Å². The SMILES string of the molecule is CCOc1cccc([C@@H]2[C@H](C(=O)Nc3ccccc3)C(=O)C[C@@](C)(O)[C@H]2C(=O)Nc2ccccc2)c1. The molecule has 7 heteroatoms. The highest BCUT2D eigenvalue weighted by molar-refractivity contribution is 6.10. The van der Waals surface area contributed by atoms with Gasteiger partial charge in [-0.1, -0.05) is 48.5 Å². The molecule has 1 saturated carbocycles. The Bertz CT molecular complexity index is 1230. The molecule has 0 radical (unpaired) electrons. The number of nitrogens with one attached hydrogen (secondary N) is 2. The quantitative estimate of drug-likeness (QED) is 0.429. The minimum Gasteiger partial charge on any atom is -0.494 e. The summed E-state index contributed by atoms with van der Waals surface area (Å²) in [6, 6.07) is 24.7. The lowest BCUT2D eigenvalue weighted by molar-refractivity contribution is -0.150. The maximum atomic E-state index is 13.7. The van der Waals surface area contributed by atoms with Crippen molar-refractivity contribution in [3.8, 4) is 5.75 Å². The van der Waals surface area contributed by atoms with Crippen LogP contribution in [0.15, 0.2) is 84.9 Å². The van der Waals surface area contributed by atoms with Crippen molar-refractivity contribution in [3.05, 3.63) is 90.5 Å². The van der Waals surface area contributed by atoms with Crippen LogP contribution < -0.4 is 15.4 Å². The summed E-state index contributed by atoms with van der Waals surface area (Å²) >= 11 is 0. The van der Waals surface area contributed by atoms with E-state index in [0.717, 1.165) is 0 Å². The highest BCUT2D eigenvalue weighted by Gasteiger charge is 2.56. The van der Waals surface area contributed by atoms with E-state index in [9.17, 15) is 19.5 Å². The van der Waals surface area contributed by atoms with Gasteiger partial charge in [0.1, 0.15) is 17.5 Å². The minimum atomic E-state index is -1.67. The number of aliphatic hydroxyl groups is 1.